The molecule has 1 saturated heterocycles. The van der Waals surface area contributed by atoms with Crippen LogP contribution in [-0.2, 0) is 10.0 Å². The molecule has 1 aliphatic heterocycles. The van der Waals surface area contributed by atoms with Gasteiger partial charge in [0.05, 0.1) is 11.1 Å². The molecular formula is C24H25N3O4S. The normalized spacial score (nSPS) is 14.9. The Bertz CT molecular complexity index is 1200. The third-order valence-corrected chi connectivity index (χ3v) is 7.50. The van der Waals surface area contributed by atoms with Crippen molar-refractivity contribution < 1.29 is 17.9 Å². The van der Waals surface area contributed by atoms with Crippen LogP contribution in [0.5, 0.6) is 11.5 Å². The molecule has 4 rings (SSSR count). The van der Waals surface area contributed by atoms with E-state index in [1.54, 1.807) is 66.7 Å². The van der Waals surface area contributed by atoms with E-state index in [-0.39, 0.29) is 19.0 Å². The third kappa shape index (κ3) is 4.66. The van der Waals surface area contributed by atoms with Crippen molar-refractivity contribution in [2.24, 2.45) is 0 Å². The van der Waals surface area contributed by atoms with E-state index < -0.39 is 10.0 Å². The van der Waals surface area contributed by atoms with E-state index >= 15 is 0 Å². The summed E-state index contributed by atoms with van der Waals surface area (Å²) in [5, 5.41) is 0. The first-order valence-electron chi connectivity index (χ1n) is 10.4. The Hall–Kier alpha value is -3.23. The lowest BCUT2D eigenvalue weighted by Crippen LogP contribution is -2.50. The minimum atomic E-state index is -3.59. The number of ether oxygens (including phenoxy) is 1. The van der Waals surface area contributed by atoms with Gasteiger partial charge < -0.3 is 9.64 Å². The smallest absolute Gasteiger partial charge is 0.253 e. The van der Waals surface area contributed by atoms with E-state index in [0.29, 0.717) is 35.0 Å². The first-order chi connectivity index (χ1) is 15.3. The number of benzene rings is 2. The number of rotatable bonds is 5. The molecule has 2 heterocycles. The number of pyridine rings is 1. The van der Waals surface area contributed by atoms with Gasteiger partial charge in [-0.2, -0.15) is 4.31 Å². The van der Waals surface area contributed by atoms with Crippen molar-refractivity contribution in [3.63, 3.8) is 0 Å². The number of aromatic nitrogens is 1. The quantitative estimate of drug-likeness (QED) is 0.592. The molecule has 0 aliphatic carbocycles. The van der Waals surface area contributed by atoms with E-state index in [1.165, 1.54) is 4.31 Å². The number of amides is 1. The fourth-order valence-electron chi connectivity index (χ4n) is 3.65. The van der Waals surface area contributed by atoms with Crippen LogP contribution in [0.1, 0.15) is 21.5 Å². The topological polar surface area (TPSA) is 79.8 Å². The molecule has 166 valence electrons. The van der Waals surface area contributed by atoms with Gasteiger partial charge in [-0.3, -0.25) is 9.78 Å². The second-order valence-corrected chi connectivity index (χ2v) is 9.69. The molecule has 3 aromatic rings. The van der Waals surface area contributed by atoms with Crippen LogP contribution in [0.15, 0.2) is 71.9 Å². The van der Waals surface area contributed by atoms with Crippen LogP contribution in [0.4, 0.5) is 0 Å². The first kappa shape index (κ1) is 22.0. The number of carbonyl (C=O) groups is 1. The highest BCUT2D eigenvalue weighted by Gasteiger charge is 2.31. The van der Waals surface area contributed by atoms with E-state index in [9.17, 15) is 13.2 Å². The van der Waals surface area contributed by atoms with Crippen molar-refractivity contribution in [2.45, 2.75) is 18.7 Å². The minimum absolute atomic E-state index is 0.123. The molecule has 0 N–H and O–H groups in total. The van der Waals surface area contributed by atoms with Gasteiger partial charge >= 0.3 is 0 Å². The zero-order valence-electron chi connectivity index (χ0n) is 18.1. The molecule has 0 bridgehead atoms. The summed E-state index contributed by atoms with van der Waals surface area (Å²) in [4.78, 5) is 18.9. The van der Waals surface area contributed by atoms with E-state index in [1.807, 2.05) is 19.1 Å². The lowest BCUT2D eigenvalue weighted by atomic mass is 10.2. The lowest BCUT2D eigenvalue weighted by Gasteiger charge is -2.34. The van der Waals surface area contributed by atoms with Gasteiger partial charge in [-0.05, 0) is 67.4 Å². The van der Waals surface area contributed by atoms with Gasteiger partial charge in [-0.25, -0.2) is 8.42 Å². The average molecular weight is 452 g/mol. The maximum absolute atomic E-state index is 13.1. The number of sulfonamides is 1. The van der Waals surface area contributed by atoms with Gasteiger partial charge in [0.15, 0.2) is 0 Å². The summed E-state index contributed by atoms with van der Waals surface area (Å²) in [5.74, 6) is 1.11. The molecule has 32 heavy (non-hydrogen) atoms. The molecule has 0 saturated carbocycles. The van der Waals surface area contributed by atoms with Crippen molar-refractivity contribution in [1.29, 1.82) is 0 Å². The standard InChI is InChI=1S/C24H25N3O4S/c1-18-5-6-19(2)23(16-18)32(29,30)27-14-12-26(13-15-27)24(28)20-7-9-21(10-8-20)31-22-4-3-11-25-17-22/h3-11,16-17H,12-15H2,1-2H3. The van der Waals surface area contributed by atoms with Crippen LogP contribution in [0, 0.1) is 13.8 Å². The summed E-state index contributed by atoms with van der Waals surface area (Å²) in [5.41, 5.74) is 2.16. The zero-order chi connectivity index (χ0) is 22.7. The number of aryl methyl sites for hydroxylation is 2. The van der Waals surface area contributed by atoms with Crippen LogP contribution in [0.3, 0.4) is 0 Å². The molecule has 0 spiro atoms. The van der Waals surface area contributed by atoms with Crippen LogP contribution in [-0.4, -0.2) is 54.7 Å². The maximum atomic E-state index is 13.1. The summed E-state index contributed by atoms with van der Waals surface area (Å²) < 4.78 is 33.4. The maximum Gasteiger partial charge on any atom is 0.253 e. The Morgan fingerprint density at radius 2 is 1.66 bits per heavy atom. The molecule has 0 unspecified atom stereocenters. The van der Waals surface area contributed by atoms with Gasteiger partial charge in [-0.1, -0.05) is 12.1 Å². The summed E-state index contributed by atoms with van der Waals surface area (Å²) >= 11 is 0. The summed E-state index contributed by atoms with van der Waals surface area (Å²) in [6.45, 7) is 4.90. The molecule has 1 fully saturated rings. The summed E-state index contributed by atoms with van der Waals surface area (Å²) in [6, 6.07) is 15.9. The van der Waals surface area contributed by atoms with Crippen molar-refractivity contribution in [1.82, 2.24) is 14.2 Å². The van der Waals surface area contributed by atoms with Crippen molar-refractivity contribution in [3.05, 3.63) is 83.7 Å². The Morgan fingerprint density at radius 1 is 0.938 bits per heavy atom. The lowest BCUT2D eigenvalue weighted by molar-refractivity contribution is 0.0698. The fourth-order valence-corrected chi connectivity index (χ4v) is 5.38. The largest absolute Gasteiger partial charge is 0.456 e. The zero-order valence-corrected chi connectivity index (χ0v) is 18.9. The molecule has 8 heteroatoms. The summed E-state index contributed by atoms with van der Waals surface area (Å²) in [7, 11) is -3.59. The predicted molar refractivity (Wildman–Crippen MR) is 121 cm³/mol. The minimum Gasteiger partial charge on any atom is -0.456 e. The SMILES string of the molecule is Cc1ccc(C)c(S(=O)(=O)N2CCN(C(=O)c3ccc(Oc4cccnc4)cc3)CC2)c1. The molecule has 7 nitrogen and oxygen atoms in total. The van der Waals surface area contributed by atoms with Gasteiger partial charge in [0.2, 0.25) is 10.0 Å². The first-order valence-corrected chi connectivity index (χ1v) is 11.8. The molecule has 2 aromatic carbocycles. The van der Waals surface area contributed by atoms with E-state index in [4.69, 9.17) is 4.74 Å². The van der Waals surface area contributed by atoms with E-state index in [0.717, 1.165) is 11.1 Å². The van der Waals surface area contributed by atoms with Gasteiger partial charge in [-0.15, -0.1) is 0 Å². The van der Waals surface area contributed by atoms with Gasteiger partial charge in [0.1, 0.15) is 11.5 Å². The highest BCUT2D eigenvalue weighted by atomic mass is 32.2. The number of piperazine rings is 1. The monoisotopic (exact) mass is 451 g/mol. The summed E-state index contributed by atoms with van der Waals surface area (Å²) in [6.07, 6.45) is 3.28. The van der Waals surface area contributed by atoms with Crippen molar-refractivity contribution in [3.8, 4) is 11.5 Å². The Labute approximate surface area is 188 Å². The van der Waals surface area contributed by atoms with Crippen LogP contribution >= 0.6 is 0 Å². The molecule has 1 aromatic heterocycles. The fraction of sp³-hybridized carbons (Fsp3) is 0.250. The van der Waals surface area contributed by atoms with Crippen molar-refractivity contribution in [2.75, 3.05) is 26.2 Å². The molecular weight excluding hydrogens is 426 g/mol. The number of nitrogens with zero attached hydrogens (tertiary/aromatic N) is 3. The second kappa shape index (κ2) is 9.10. The number of carbonyl (C=O) groups excluding carboxylic acids is 1. The Kier molecular flexibility index (Phi) is 6.25. The highest BCUT2D eigenvalue weighted by molar-refractivity contribution is 7.89. The second-order valence-electron chi connectivity index (χ2n) is 7.78. The molecule has 0 radical (unpaired) electrons. The Morgan fingerprint density at radius 3 is 2.31 bits per heavy atom. The van der Waals surface area contributed by atoms with E-state index in [2.05, 4.69) is 4.98 Å². The number of hydrogen-bond acceptors (Lipinski definition) is 5. The molecule has 1 aliphatic rings. The Balaban J connectivity index is 1.39. The third-order valence-electron chi connectivity index (χ3n) is 5.46. The average Bonchev–Trinajstić information content (AvgIpc) is 2.81. The van der Waals surface area contributed by atoms with Crippen molar-refractivity contribution >= 4 is 15.9 Å². The predicted octanol–water partition coefficient (Wildman–Crippen LogP) is 3.64. The molecule has 1 amide bonds. The molecule has 0 atom stereocenters. The van der Waals surface area contributed by atoms with Gasteiger partial charge in [0.25, 0.3) is 5.91 Å². The van der Waals surface area contributed by atoms with Crippen LogP contribution in [0.2, 0.25) is 0 Å². The van der Waals surface area contributed by atoms with Gasteiger partial charge in [0, 0.05) is 37.9 Å². The van der Waals surface area contributed by atoms with Crippen LogP contribution < -0.4 is 4.74 Å². The highest BCUT2D eigenvalue weighted by Crippen LogP contribution is 2.24. The van der Waals surface area contributed by atoms with Crippen LogP contribution in [0.25, 0.3) is 0 Å². The number of hydrogen-bond donors (Lipinski definition) is 0.